The lowest BCUT2D eigenvalue weighted by molar-refractivity contribution is 0.412. The Morgan fingerprint density at radius 2 is 2.00 bits per heavy atom. The molecule has 1 aromatic heterocycles. The Kier molecular flexibility index (Phi) is 4.86. The highest BCUT2D eigenvalue weighted by Gasteiger charge is 2.13. The first-order valence-corrected chi connectivity index (χ1v) is 8.62. The van der Waals surface area contributed by atoms with Crippen LogP contribution in [0.5, 0.6) is 5.75 Å². The van der Waals surface area contributed by atoms with E-state index in [1.54, 1.807) is 35.9 Å². The van der Waals surface area contributed by atoms with Gasteiger partial charge in [0.05, 0.1) is 40.7 Å². The van der Waals surface area contributed by atoms with Gasteiger partial charge in [0.25, 0.3) is 5.56 Å². The zero-order valence-corrected chi connectivity index (χ0v) is 15.5. The summed E-state index contributed by atoms with van der Waals surface area (Å²) in [6.07, 6.45) is 0.644. The Morgan fingerprint density at radius 3 is 2.60 bits per heavy atom. The number of rotatable bonds is 4. The number of nitrogens with zero attached hydrogens (tertiary/aromatic N) is 3. The summed E-state index contributed by atoms with van der Waals surface area (Å²) in [6.45, 7) is 2.39. The summed E-state index contributed by atoms with van der Waals surface area (Å²) in [4.78, 5) is 17.7. The van der Waals surface area contributed by atoms with E-state index in [0.717, 1.165) is 15.9 Å². The lowest BCUT2D eigenvalue weighted by atomic mass is 10.1. The number of nitriles is 1. The zero-order chi connectivity index (χ0) is 18.0. The minimum Gasteiger partial charge on any atom is -0.496 e. The van der Waals surface area contributed by atoms with E-state index < -0.39 is 0 Å². The van der Waals surface area contributed by atoms with Crippen LogP contribution in [-0.2, 0) is 13.0 Å². The third-order valence-corrected chi connectivity index (χ3v) is 4.67. The van der Waals surface area contributed by atoms with Crippen LogP contribution in [0.4, 0.5) is 0 Å². The van der Waals surface area contributed by atoms with Crippen molar-refractivity contribution < 1.29 is 4.74 Å². The molecule has 25 heavy (non-hydrogen) atoms. The molecule has 126 valence electrons. The molecule has 0 saturated carbocycles. The molecule has 0 bridgehead atoms. The zero-order valence-electron chi connectivity index (χ0n) is 13.9. The van der Waals surface area contributed by atoms with Crippen LogP contribution in [0, 0.1) is 11.3 Å². The van der Waals surface area contributed by atoms with Gasteiger partial charge in [-0.1, -0.05) is 19.1 Å². The quantitative estimate of drug-likeness (QED) is 0.673. The first-order chi connectivity index (χ1) is 12.1. The van der Waals surface area contributed by atoms with Gasteiger partial charge in [-0.3, -0.25) is 9.36 Å². The molecule has 3 aromatic rings. The van der Waals surface area contributed by atoms with Crippen molar-refractivity contribution in [3.05, 3.63) is 68.2 Å². The van der Waals surface area contributed by atoms with Crippen LogP contribution < -0.4 is 10.3 Å². The first-order valence-electron chi connectivity index (χ1n) is 7.83. The maximum absolute atomic E-state index is 13.0. The van der Waals surface area contributed by atoms with Crippen LogP contribution in [0.15, 0.2) is 45.7 Å². The monoisotopic (exact) mass is 397 g/mol. The SMILES string of the molecule is CCc1nc2cc(Br)c(OC)cc2c(=O)n1Cc1ccc(C#N)cc1. The summed E-state index contributed by atoms with van der Waals surface area (Å²) in [5.41, 5.74) is 2.08. The number of aryl methyl sites for hydroxylation is 1. The molecule has 5 nitrogen and oxygen atoms in total. The Hall–Kier alpha value is -2.65. The Balaban J connectivity index is 2.15. The molecular formula is C19H16BrN3O2. The first kappa shape index (κ1) is 17.2. The van der Waals surface area contributed by atoms with Gasteiger partial charge in [0, 0.05) is 6.42 Å². The normalized spacial score (nSPS) is 10.6. The summed E-state index contributed by atoms with van der Waals surface area (Å²) >= 11 is 3.43. The van der Waals surface area contributed by atoms with Crippen molar-refractivity contribution in [2.24, 2.45) is 0 Å². The fourth-order valence-electron chi connectivity index (χ4n) is 2.73. The van der Waals surface area contributed by atoms with Crippen molar-refractivity contribution in [3.8, 4) is 11.8 Å². The second-order valence-corrected chi connectivity index (χ2v) is 6.44. The molecule has 0 spiro atoms. The molecule has 1 heterocycles. The van der Waals surface area contributed by atoms with Gasteiger partial charge in [0.2, 0.25) is 0 Å². The number of benzene rings is 2. The smallest absolute Gasteiger partial charge is 0.261 e. The average Bonchev–Trinajstić information content (AvgIpc) is 2.64. The third kappa shape index (κ3) is 3.28. The molecule has 0 aliphatic rings. The predicted molar refractivity (Wildman–Crippen MR) is 99.9 cm³/mol. The van der Waals surface area contributed by atoms with Gasteiger partial charge in [-0.15, -0.1) is 0 Å². The van der Waals surface area contributed by atoms with Crippen LogP contribution in [0.1, 0.15) is 23.9 Å². The Labute approximate surface area is 153 Å². The van der Waals surface area contributed by atoms with Gasteiger partial charge in [-0.2, -0.15) is 5.26 Å². The van der Waals surface area contributed by atoms with Crippen LogP contribution in [0.25, 0.3) is 10.9 Å². The summed E-state index contributed by atoms with van der Waals surface area (Å²) < 4.78 is 7.74. The van der Waals surface area contributed by atoms with Crippen LogP contribution in [-0.4, -0.2) is 16.7 Å². The van der Waals surface area contributed by atoms with Crippen LogP contribution in [0.3, 0.4) is 0 Å². The van der Waals surface area contributed by atoms with Crippen molar-refractivity contribution in [1.82, 2.24) is 9.55 Å². The number of halogens is 1. The molecule has 3 rings (SSSR count). The van der Waals surface area contributed by atoms with Crippen molar-refractivity contribution in [3.63, 3.8) is 0 Å². The molecule has 0 aliphatic carbocycles. The van der Waals surface area contributed by atoms with Crippen molar-refractivity contribution in [2.75, 3.05) is 7.11 Å². The van der Waals surface area contributed by atoms with Crippen molar-refractivity contribution in [1.29, 1.82) is 5.26 Å². The van der Waals surface area contributed by atoms with Gasteiger partial charge >= 0.3 is 0 Å². The second kappa shape index (κ2) is 7.08. The van der Waals surface area contributed by atoms with Crippen molar-refractivity contribution >= 4 is 26.8 Å². The molecule has 0 fully saturated rings. The van der Waals surface area contributed by atoms with E-state index in [9.17, 15) is 4.79 Å². The number of methoxy groups -OCH3 is 1. The third-order valence-electron chi connectivity index (χ3n) is 4.05. The number of aromatic nitrogens is 2. The van der Waals surface area contributed by atoms with Crippen molar-refractivity contribution in [2.45, 2.75) is 19.9 Å². The molecular weight excluding hydrogens is 382 g/mol. The summed E-state index contributed by atoms with van der Waals surface area (Å²) in [6, 6.07) is 12.8. The van der Waals surface area contributed by atoms with E-state index in [4.69, 9.17) is 10.00 Å². The maximum atomic E-state index is 13.0. The molecule has 0 amide bonds. The van der Waals surface area contributed by atoms with E-state index in [1.807, 2.05) is 19.1 Å². The topological polar surface area (TPSA) is 67.9 Å². The molecule has 2 aromatic carbocycles. The Morgan fingerprint density at radius 1 is 1.28 bits per heavy atom. The van der Waals surface area contributed by atoms with E-state index >= 15 is 0 Å². The number of ether oxygens (including phenoxy) is 1. The molecule has 0 saturated heterocycles. The van der Waals surface area contributed by atoms with E-state index in [0.29, 0.717) is 35.2 Å². The second-order valence-electron chi connectivity index (χ2n) is 5.59. The molecule has 0 unspecified atom stereocenters. The lowest BCUT2D eigenvalue weighted by Gasteiger charge is -2.14. The van der Waals surface area contributed by atoms with E-state index in [2.05, 4.69) is 27.0 Å². The minimum atomic E-state index is -0.1000. The molecule has 6 heteroatoms. The number of fused-ring (bicyclic) bond motifs is 1. The number of hydrogen-bond donors (Lipinski definition) is 0. The van der Waals surface area contributed by atoms with Gasteiger partial charge < -0.3 is 4.74 Å². The minimum absolute atomic E-state index is 0.1000. The fraction of sp³-hybridized carbons (Fsp3) is 0.211. The molecule has 0 atom stereocenters. The van der Waals surface area contributed by atoms with Gasteiger partial charge in [0.15, 0.2) is 0 Å². The highest BCUT2D eigenvalue weighted by Crippen LogP contribution is 2.28. The maximum Gasteiger partial charge on any atom is 0.261 e. The fourth-order valence-corrected chi connectivity index (χ4v) is 3.22. The van der Waals surface area contributed by atoms with E-state index in [1.165, 1.54) is 0 Å². The molecule has 0 aliphatic heterocycles. The molecule has 0 radical (unpaired) electrons. The van der Waals surface area contributed by atoms with Gasteiger partial charge in [-0.25, -0.2) is 4.98 Å². The van der Waals surface area contributed by atoms with Crippen LogP contribution in [0.2, 0.25) is 0 Å². The summed E-state index contributed by atoms with van der Waals surface area (Å²) in [7, 11) is 1.56. The summed E-state index contributed by atoms with van der Waals surface area (Å²) in [5, 5.41) is 9.42. The van der Waals surface area contributed by atoms with Crippen LogP contribution >= 0.6 is 15.9 Å². The Bertz CT molecular complexity index is 1030. The lowest BCUT2D eigenvalue weighted by Crippen LogP contribution is -2.25. The highest BCUT2D eigenvalue weighted by atomic mass is 79.9. The molecule has 0 N–H and O–H groups in total. The average molecular weight is 398 g/mol. The van der Waals surface area contributed by atoms with E-state index in [-0.39, 0.29) is 5.56 Å². The van der Waals surface area contributed by atoms with Gasteiger partial charge in [0.1, 0.15) is 11.6 Å². The number of hydrogen-bond acceptors (Lipinski definition) is 4. The largest absolute Gasteiger partial charge is 0.496 e. The highest BCUT2D eigenvalue weighted by molar-refractivity contribution is 9.10. The standard InChI is InChI=1S/C19H16BrN3O2/c1-3-18-22-16-9-15(20)17(25-2)8-14(16)19(24)23(18)11-13-6-4-12(10-21)5-7-13/h4-9H,3,11H2,1-2H3. The summed E-state index contributed by atoms with van der Waals surface area (Å²) in [5.74, 6) is 1.32. The predicted octanol–water partition coefficient (Wildman–Crippen LogP) is 3.65. The van der Waals surface area contributed by atoms with Gasteiger partial charge in [-0.05, 0) is 45.8 Å².